The molecule has 0 spiro atoms. The van der Waals surface area contributed by atoms with Crippen LogP contribution in [0.25, 0.3) is 0 Å². The summed E-state index contributed by atoms with van der Waals surface area (Å²) in [6.07, 6.45) is 3.72. The van der Waals surface area contributed by atoms with Crippen molar-refractivity contribution in [2.75, 3.05) is 0 Å². The van der Waals surface area contributed by atoms with E-state index in [0.717, 1.165) is 0 Å². The normalized spacial score (nSPS) is 12.9. The van der Waals surface area contributed by atoms with Crippen LogP contribution in [0, 0.1) is 0 Å². The molecule has 0 bridgehead atoms. The third kappa shape index (κ3) is 3.18. The van der Waals surface area contributed by atoms with Crippen molar-refractivity contribution in [2.45, 2.75) is 39.0 Å². The van der Waals surface area contributed by atoms with E-state index in [1.54, 1.807) is 0 Å². The Kier molecular flexibility index (Phi) is 4.77. The van der Waals surface area contributed by atoms with E-state index in [4.69, 9.17) is 23.2 Å². The zero-order chi connectivity index (χ0) is 10.6. The number of hydrogen-bond donors (Lipinski definition) is 0. The van der Waals surface area contributed by atoms with E-state index in [0.29, 0.717) is 16.0 Å². The second-order valence-electron chi connectivity index (χ2n) is 3.72. The van der Waals surface area contributed by atoms with E-state index in [2.05, 4.69) is 19.9 Å². The average molecular weight is 231 g/mol. The third-order valence-electron chi connectivity index (χ3n) is 2.50. The Hall–Kier alpha value is -0.200. The standard InChI is InChI=1S/C12H16Cl2/c1-3-4-5-9(2)10-6-7-11(13)12(14)8-10/h6-9H,3-5H2,1-2H3. The number of halogens is 2. The van der Waals surface area contributed by atoms with Crippen molar-refractivity contribution >= 4 is 23.2 Å². The van der Waals surface area contributed by atoms with E-state index in [-0.39, 0.29) is 0 Å². The van der Waals surface area contributed by atoms with E-state index in [1.165, 1.54) is 24.8 Å². The van der Waals surface area contributed by atoms with Gasteiger partial charge in [0.25, 0.3) is 0 Å². The predicted molar refractivity (Wildman–Crippen MR) is 64.4 cm³/mol. The van der Waals surface area contributed by atoms with E-state index in [9.17, 15) is 0 Å². The van der Waals surface area contributed by atoms with Crippen molar-refractivity contribution in [3.63, 3.8) is 0 Å². The molecule has 0 amide bonds. The van der Waals surface area contributed by atoms with Crippen molar-refractivity contribution in [3.05, 3.63) is 33.8 Å². The van der Waals surface area contributed by atoms with Crippen LogP contribution < -0.4 is 0 Å². The largest absolute Gasteiger partial charge is 0.0827 e. The molecule has 1 unspecified atom stereocenters. The topological polar surface area (TPSA) is 0 Å². The van der Waals surface area contributed by atoms with Gasteiger partial charge in [0.2, 0.25) is 0 Å². The molecule has 0 aliphatic heterocycles. The molecule has 0 fully saturated rings. The summed E-state index contributed by atoms with van der Waals surface area (Å²) in [5.41, 5.74) is 1.29. The zero-order valence-electron chi connectivity index (χ0n) is 8.69. The Morgan fingerprint density at radius 1 is 1.21 bits per heavy atom. The first-order chi connectivity index (χ1) is 6.65. The molecule has 0 radical (unpaired) electrons. The second-order valence-corrected chi connectivity index (χ2v) is 4.53. The highest BCUT2D eigenvalue weighted by Crippen LogP contribution is 2.28. The summed E-state index contributed by atoms with van der Waals surface area (Å²) in [7, 11) is 0. The van der Waals surface area contributed by atoms with Gasteiger partial charge in [0.15, 0.2) is 0 Å². The summed E-state index contributed by atoms with van der Waals surface area (Å²) >= 11 is 11.8. The summed E-state index contributed by atoms with van der Waals surface area (Å²) in [5.74, 6) is 0.574. The van der Waals surface area contributed by atoms with Gasteiger partial charge in [-0.25, -0.2) is 0 Å². The smallest absolute Gasteiger partial charge is 0.0595 e. The van der Waals surface area contributed by atoms with Crippen LogP contribution in [-0.4, -0.2) is 0 Å². The van der Waals surface area contributed by atoms with Gasteiger partial charge in [-0.15, -0.1) is 0 Å². The highest BCUT2D eigenvalue weighted by Gasteiger charge is 2.06. The van der Waals surface area contributed by atoms with Gasteiger partial charge in [-0.1, -0.05) is 56.0 Å². The van der Waals surface area contributed by atoms with Crippen molar-refractivity contribution in [3.8, 4) is 0 Å². The van der Waals surface area contributed by atoms with Crippen LogP contribution in [0.3, 0.4) is 0 Å². The highest BCUT2D eigenvalue weighted by molar-refractivity contribution is 6.42. The fourth-order valence-corrected chi connectivity index (χ4v) is 1.80. The Morgan fingerprint density at radius 3 is 2.50 bits per heavy atom. The van der Waals surface area contributed by atoms with Crippen molar-refractivity contribution in [2.24, 2.45) is 0 Å². The Balaban J connectivity index is 2.70. The van der Waals surface area contributed by atoms with Gasteiger partial charge in [0.05, 0.1) is 10.0 Å². The van der Waals surface area contributed by atoms with Gasteiger partial charge in [0, 0.05) is 0 Å². The monoisotopic (exact) mass is 230 g/mol. The minimum Gasteiger partial charge on any atom is -0.0827 e. The maximum Gasteiger partial charge on any atom is 0.0595 e. The minimum atomic E-state index is 0.574. The van der Waals surface area contributed by atoms with E-state index in [1.807, 2.05) is 12.1 Å². The Labute approximate surface area is 96.2 Å². The van der Waals surface area contributed by atoms with Crippen LogP contribution in [0.15, 0.2) is 18.2 Å². The summed E-state index contributed by atoms with van der Waals surface area (Å²) in [6.45, 7) is 4.44. The van der Waals surface area contributed by atoms with Crippen LogP contribution in [0.1, 0.15) is 44.6 Å². The zero-order valence-corrected chi connectivity index (χ0v) is 10.2. The van der Waals surface area contributed by atoms with Crippen molar-refractivity contribution < 1.29 is 0 Å². The number of hydrogen-bond acceptors (Lipinski definition) is 0. The van der Waals surface area contributed by atoms with Crippen molar-refractivity contribution in [1.29, 1.82) is 0 Å². The fraction of sp³-hybridized carbons (Fsp3) is 0.500. The van der Waals surface area contributed by atoms with Gasteiger partial charge in [-0.3, -0.25) is 0 Å². The van der Waals surface area contributed by atoms with Gasteiger partial charge in [-0.05, 0) is 30.0 Å². The van der Waals surface area contributed by atoms with Crippen LogP contribution in [0.2, 0.25) is 10.0 Å². The molecule has 0 nitrogen and oxygen atoms in total. The van der Waals surface area contributed by atoms with Crippen LogP contribution in [0.5, 0.6) is 0 Å². The van der Waals surface area contributed by atoms with Crippen LogP contribution in [-0.2, 0) is 0 Å². The van der Waals surface area contributed by atoms with E-state index >= 15 is 0 Å². The molecule has 0 heterocycles. The lowest BCUT2D eigenvalue weighted by Gasteiger charge is -2.11. The minimum absolute atomic E-state index is 0.574. The molecule has 1 rings (SSSR count). The SMILES string of the molecule is CCCCC(C)c1ccc(Cl)c(Cl)c1. The summed E-state index contributed by atoms with van der Waals surface area (Å²) < 4.78 is 0. The lowest BCUT2D eigenvalue weighted by atomic mass is 9.96. The molecule has 78 valence electrons. The van der Waals surface area contributed by atoms with Crippen LogP contribution >= 0.6 is 23.2 Å². The predicted octanol–water partition coefficient (Wildman–Crippen LogP) is 5.29. The lowest BCUT2D eigenvalue weighted by molar-refractivity contribution is 0.624. The molecule has 0 N–H and O–H groups in total. The molecule has 0 aliphatic carbocycles. The maximum absolute atomic E-state index is 5.96. The average Bonchev–Trinajstić information content (AvgIpc) is 2.18. The molecule has 14 heavy (non-hydrogen) atoms. The Bertz CT molecular complexity index is 294. The molecule has 1 aromatic rings. The Morgan fingerprint density at radius 2 is 1.93 bits per heavy atom. The van der Waals surface area contributed by atoms with Crippen LogP contribution in [0.4, 0.5) is 0 Å². The summed E-state index contributed by atoms with van der Waals surface area (Å²) in [6, 6.07) is 5.92. The van der Waals surface area contributed by atoms with Gasteiger partial charge >= 0.3 is 0 Å². The first kappa shape index (κ1) is 11.9. The molecule has 0 saturated carbocycles. The molecular formula is C12H16Cl2. The molecule has 1 atom stereocenters. The molecule has 2 heteroatoms. The van der Waals surface area contributed by atoms with Gasteiger partial charge < -0.3 is 0 Å². The number of rotatable bonds is 4. The summed E-state index contributed by atoms with van der Waals surface area (Å²) in [5, 5.41) is 1.30. The number of unbranched alkanes of at least 4 members (excludes halogenated alkanes) is 1. The van der Waals surface area contributed by atoms with Gasteiger partial charge in [0.1, 0.15) is 0 Å². The van der Waals surface area contributed by atoms with Gasteiger partial charge in [-0.2, -0.15) is 0 Å². The quantitative estimate of drug-likeness (QED) is 0.660. The van der Waals surface area contributed by atoms with E-state index < -0.39 is 0 Å². The molecule has 0 aromatic heterocycles. The molecular weight excluding hydrogens is 215 g/mol. The fourth-order valence-electron chi connectivity index (χ4n) is 1.50. The number of benzene rings is 1. The maximum atomic E-state index is 5.96. The third-order valence-corrected chi connectivity index (χ3v) is 3.24. The first-order valence-electron chi connectivity index (χ1n) is 5.10. The molecule has 1 aromatic carbocycles. The molecule has 0 aliphatic rings. The summed E-state index contributed by atoms with van der Waals surface area (Å²) in [4.78, 5) is 0. The lowest BCUT2D eigenvalue weighted by Crippen LogP contribution is -1.93. The molecule has 0 saturated heterocycles. The highest BCUT2D eigenvalue weighted by atomic mass is 35.5. The second kappa shape index (κ2) is 5.63. The van der Waals surface area contributed by atoms with Crippen molar-refractivity contribution in [1.82, 2.24) is 0 Å². The first-order valence-corrected chi connectivity index (χ1v) is 5.85.